The number of hydrogen-bond acceptors (Lipinski definition) is 4. The van der Waals surface area contributed by atoms with Gasteiger partial charge in [-0.3, -0.25) is 4.72 Å². The second kappa shape index (κ2) is 6.85. The predicted octanol–water partition coefficient (Wildman–Crippen LogP) is 4.34. The fourth-order valence-electron chi connectivity index (χ4n) is 1.60. The summed E-state index contributed by atoms with van der Waals surface area (Å²) in [5.74, 6) is 0. The normalized spacial score (nSPS) is 11.6. The molecule has 0 aliphatic carbocycles. The van der Waals surface area contributed by atoms with Crippen LogP contribution in [0.3, 0.4) is 0 Å². The summed E-state index contributed by atoms with van der Waals surface area (Å²) in [6.45, 7) is 0.611. The van der Waals surface area contributed by atoms with E-state index < -0.39 is 10.0 Å². The largest absolute Gasteiger partial charge is 0.315 e. The molecule has 0 spiro atoms. The summed E-state index contributed by atoms with van der Waals surface area (Å²) in [4.78, 5) is 0.922. The van der Waals surface area contributed by atoms with Gasteiger partial charge in [0, 0.05) is 15.9 Å². The molecule has 0 radical (unpaired) electrons. The molecule has 1 aromatic heterocycles. The van der Waals surface area contributed by atoms with E-state index in [-0.39, 0.29) is 19.9 Å². The lowest BCUT2D eigenvalue weighted by Crippen LogP contribution is -2.12. The van der Waals surface area contributed by atoms with Gasteiger partial charge < -0.3 is 5.32 Å². The molecule has 0 atom stereocenters. The Morgan fingerprint density at radius 3 is 2.43 bits per heavy atom. The molecule has 2 N–H and O–H groups in total. The van der Waals surface area contributed by atoms with Crippen LogP contribution in [0.2, 0.25) is 10.0 Å². The number of hydrogen-bond donors (Lipinski definition) is 2. The molecule has 21 heavy (non-hydrogen) atoms. The number of thiophene rings is 1. The van der Waals surface area contributed by atoms with Crippen molar-refractivity contribution in [3.05, 3.63) is 43.7 Å². The standard InChI is InChI=1S/C12H11BrCl2N2O2S2/c1-16-6-8-2-3-11(20-8)21(18,19)17-12-9(14)4-7(13)5-10(12)15/h2-5,16-17H,6H2,1H3. The third-order valence-corrected chi connectivity index (χ3v) is 6.48. The van der Waals surface area contributed by atoms with Crippen LogP contribution in [0.25, 0.3) is 0 Å². The minimum Gasteiger partial charge on any atom is -0.315 e. The zero-order valence-corrected chi connectivity index (χ0v) is 15.5. The minimum absolute atomic E-state index is 0.171. The highest BCUT2D eigenvalue weighted by Gasteiger charge is 2.20. The van der Waals surface area contributed by atoms with Crippen LogP contribution in [0.1, 0.15) is 4.88 Å². The second-order valence-corrected chi connectivity index (χ2v) is 8.91. The van der Waals surface area contributed by atoms with Gasteiger partial charge in [0.1, 0.15) is 4.21 Å². The number of rotatable bonds is 5. The lowest BCUT2D eigenvalue weighted by Gasteiger charge is -2.10. The Hall–Kier alpha value is -0.310. The Kier molecular flexibility index (Phi) is 5.56. The summed E-state index contributed by atoms with van der Waals surface area (Å²) in [6, 6.07) is 6.47. The highest BCUT2D eigenvalue weighted by atomic mass is 79.9. The predicted molar refractivity (Wildman–Crippen MR) is 92.1 cm³/mol. The summed E-state index contributed by atoms with van der Waals surface area (Å²) in [5, 5.41) is 3.42. The molecular formula is C12H11BrCl2N2O2S2. The van der Waals surface area contributed by atoms with Gasteiger partial charge in [-0.1, -0.05) is 39.1 Å². The van der Waals surface area contributed by atoms with Crippen molar-refractivity contribution in [2.75, 3.05) is 11.8 Å². The quantitative estimate of drug-likeness (QED) is 0.743. The van der Waals surface area contributed by atoms with Crippen molar-refractivity contribution in [1.29, 1.82) is 0 Å². The fourth-order valence-corrected chi connectivity index (χ4v) is 5.48. The first-order valence-corrected chi connectivity index (χ1v) is 9.59. The van der Waals surface area contributed by atoms with Crippen LogP contribution in [0.15, 0.2) is 32.9 Å². The van der Waals surface area contributed by atoms with Gasteiger partial charge in [0.05, 0.1) is 15.7 Å². The minimum atomic E-state index is -3.71. The van der Waals surface area contributed by atoms with Gasteiger partial charge in [0.25, 0.3) is 10.0 Å². The lowest BCUT2D eigenvalue weighted by molar-refractivity contribution is 0.603. The number of halogens is 3. The molecule has 9 heteroatoms. The first kappa shape index (κ1) is 17.1. The molecule has 4 nitrogen and oxygen atoms in total. The molecule has 2 aromatic rings. The van der Waals surface area contributed by atoms with E-state index in [1.807, 2.05) is 0 Å². The number of sulfonamides is 1. The summed E-state index contributed by atoms with van der Waals surface area (Å²) < 4.78 is 28.0. The summed E-state index contributed by atoms with van der Waals surface area (Å²) in [5.41, 5.74) is 0.171. The van der Waals surface area contributed by atoms with E-state index in [4.69, 9.17) is 23.2 Å². The van der Waals surface area contributed by atoms with Gasteiger partial charge in [0.15, 0.2) is 0 Å². The van der Waals surface area contributed by atoms with Crippen LogP contribution in [0.4, 0.5) is 5.69 Å². The molecule has 1 heterocycles. The highest BCUT2D eigenvalue weighted by Crippen LogP contribution is 2.36. The van der Waals surface area contributed by atoms with Crippen LogP contribution in [-0.2, 0) is 16.6 Å². The van der Waals surface area contributed by atoms with Gasteiger partial charge >= 0.3 is 0 Å². The molecule has 114 valence electrons. The third-order valence-electron chi connectivity index (χ3n) is 2.50. The van der Waals surface area contributed by atoms with Crippen molar-refractivity contribution >= 4 is 66.2 Å². The molecule has 2 rings (SSSR count). The molecule has 0 unspecified atom stereocenters. The highest BCUT2D eigenvalue weighted by molar-refractivity contribution is 9.10. The van der Waals surface area contributed by atoms with Gasteiger partial charge in [0.2, 0.25) is 0 Å². The monoisotopic (exact) mass is 428 g/mol. The Bertz CT molecular complexity index is 739. The molecule has 0 fully saturated rings. The maximum absolute atomic E-state index is 12.4. The fraction of sp³-hybridized carbons (Fsp3) is 0.167. The summed E-state index contributed by atoms with van der Waals surface area (Å²) in [6.07, 6.45) is 0. The maximum Gasteiger partial charge on any atom is 0.271 e. The van der Waals surface area contributed by atoms with E-state index in [2.05, 4.69) is 26.0 Å². The Balaban J connectivity index is 2.33. The lowest BCUT2D eigenvalue weighted by atomic mass is 10.3. The Morgan fingerprint density at radius 2 is 1.86 bits per heavy atom. The summed E-state index contributed by atoms with van der Waals surface area (Å²) >= 11 is 16.5. The number of nitrogens with one attached hydrogen (secondary N) is 2. The van der Waals surface area contributed by atoms with E-state index >= 15 is 0 Å². The van der Waals surface area contributed by atoms with E-state index in [9.17, 15) is 8.42 Å². The van der Waals surface area contributed by atoms with Crippen molar-refractivity contribution in [3.63, 3.8) is 0 Å². The van der Waals surface area contributed by atoms with Crippen LogP contribution >= 0.6 is 50.5 Å². The zero-order chi connectivity index (χ0) is 15.6. The van der Waals surface area contributed by atoms with Gasteiger partial charge in [-0.2, -0.15) is 0 Å². The van der Waals surface area contributed by atoms with Crippen molar-refractivity contribution in [2.45, 2.75) is 10.8 Å². The molecule has 0 bridgehead atoms. The third kappa shape index (κ3) is 4.12. The van der Waals surface area contributed by atoms with E-state index in [0.29, 0.717) is 11.0 Å². The van der Waals surface area contributed by atoms with E-state index in [1.165, 1.54) is 11.3 Å². The average Bonchev–Trinajstić information content (AvgIpc) is 2.84. The van der Waals surface area contributed by atoms with Crippen molar-refractivity contribution in [3.8, 4) is 0 Å². The van der Waals surface area contributed by atoms with E-state index in [0.717, 1.165) is 4.88 Å². The first-order chi connectivity index (χ1) is 9.83. The van der Waals surface area contributed by atoms with Gasteiger partial charge in [-0.05, 0) is 31.3 Å². The first-order valence-electron chi connectivity index (χ1n) is 5.74. The average molecular weight is 430 g/mol. The van der Waals surface area contributed by atoms with Crippen molar-refractivity contribution < 1.29 is 8.42 Å². The van der Waals surface area contributed by atoms with E-state index in [1.54, 1.807) is 31.3 Å². The van der Waals surface area contributed by atoms with Crippen molar-refractivity contribution in [2.24, 2.45) is 0 Å². The topological polar surface area (TPSA) is 58.2 Å². The molecule has 0 aliphatic rings. The van der Waals surface area contributed by atoms with Crippen LogP contribution in [0, 0.1) is 0 Å². The summed E-state index contributed by atoms with van der Waals surface area (Å²) in [7, 11) is -1.91. The van der Waals surface area contributed by atoms with Gasteiger partial charge in [-0.25, -0.2) is 8.42 Å². The molecule has 0 saturated heterocycles. The smallest absolute Gasteiger partial charge is 0.271 e. The van der Waals surface area contributed by atoms with Gasteiger partial charge in [-0.15, -0.1) is 11.3 Å². The second-order valence-electron chi connectivity index (χ2n) is 4.10. The molecule has 0 saturated carbocycles. The molecular weight excluding hydrogens is 419 g/mol. The molecule has 0 amide bonds. The Morgan fingerprint density at radius 1 is 1.24 bits per heavy atom. The number of anilines is 1. The van der Waals surface area contributed by atoms with Crippen LogP contribution in [-0.4, -0.2) is 15.5 Å². The number of benzene rings is 1. The SMILES string of the molecule is CNCc1ccc(S(=O)(=O)Nc2c(Cl)cc(Br)cc2Cl)s1. The van der Waals surface area contributed by atoms with Crippen LogP contribution in [0.5, 0.6) is 0 Å². The Labute approximate surface area is 145 Å². The zero-order valence-electron chi connectivity index (χ0n) is 10.8. The molecule has 1 aromatic carbocycles. The van der Waals surface area contributed by atoms with Crippen molar-refractivity contribution in [1.82, 2.24) is 5.32 Å². The maximum atomic E-state index is 12.4. The molecule has 0 aliphatic heterocycles. The van der Waals surface area contributed by atoms with Crippen LogP contribution < -0.4 is 10.0 Å².